The third-order valence-corrected chi connectivity index (χ3v) is 2.02. The predicted molar refractivity (Wildman–Crippen MR) is 40.3 cm³/mol. The summed E-state index contributed by atoms with van der Waals surface area (Å²) in [5.41, 5.74) is 2.81. The molecule has 1 saturated heterocycles. The van der Waals surface area contributed by atoms with Crippen molar-refractivity contribution < 1.29 is 4.48 Å². The summed E-state index contributed by atoms with van der Waals surface area (Å²) >= 11 is 0. The van der Waals surface area contributed by atoms with Crippen LogP contribution in [0.4, 0.5) is 4.48 Å². The Balaban J connectivity index is 2.48. The molecule has 0 radical (unpaired) electrons. The van der Waals surface area contributed by atoms with Crippen molar-refractivity contribution in [2.75, 3.05) is 13.1 Å². The minimum absolute atomic E-state index is 0.584. The Bertz CT molecular complexity index is 137. The third-order valence-electron chi connectivity index (χ3n) is 2.02. The van der Waals surface area contributed by atoms with Gasteiger partial charge in [0.25, 0.3) is 0 Å². The molecule has 1 heterocycles. The molecule has 0 aromatic carbocycles. The first-order chi connectivity index (χ1) is 4.70. The molecule has 0 aromatic heterocycles. The third kappa shape index (κ3) is 1.81. The molecule has 0 saturated carbocycles. The van der Waals surface area contributed by atoms with E-state index >= 15 is 0 Å². The average molecular weight is 143 g/mol. The van der Waals surface area contributed by atoms with Gasteiger partial charge in [0.2, 0.25) is 0 Å². The first-order valence-electron chi connectivity index (χ1n) is 3.76. The number of hydrogen-bond donors (Lipinski definition) is 0. The molecule has 0 atom stereocenters. The maximum Gasteiger partial charge on any atom is 0.0327 e. The van der Waals surface area contributed by atoms with E-state index in [1.165, 1.54) is 11.1 Å². The Labute approximate surface area is 61.5 Å². The zero-order chi connectivity index (χ0) is 7.56. The van der Waals surface area contributed by atoms with Crippen LogP contribution in [0.1, 0.15) is 26.7 Å². The lowest BCUT2D eigenvalue weighted by Gasteiger charge is -2.21. The second kappa shape index (κ2) is 3.15. The van der Waals surface area contributed by atoms with Crippen LogP contribution in [0.5, 0.6) is 0 Å². The fourth-order valence-corrected chi connectivity index (χ4v) is 1.25. The van der Waals surface area contributed by atoms with Gasteiger partial charge in [-0.2, -0.15) is 0 Å². The minimum Gasteiger partial charge on any atom is -0.146 e. The predicted octanol–water partition coefficient (Wildman–Crippen LogP) is 2.30. The van der Waals surface area contributed by atoms with E-state index in [2.05, 4.69) is 13.8 Å². The molecule has 10 heavy (non-hydrogen) atoms. The molecule has 0 bridgehead atoms. The van der Waals surface area contributed by atoms with Gasteiger partial charge < -0.3 is 0 Å². The Hall–Kier alpha value is -0.370. The molecule has 1 aliphatic rings. The lowest BCUT2D eigenvalue weighted by molar-refractivity contribution is 0.0171. The van der Waals surface area contributed by atoms with Crippen LogP contribution in [0.15, 0.2) is 11.1 Å². The Kier molecular flexibility index (Phi) is 2.44. The normalized spacial score (nSPS) is 21.3. The minimum atomic E-state index is 0.584. The fourth-order valence-electron chi connectivity index (χ4n) is 1.25. The van der Waals surface area contributed by atoms with E-state index in [0.29, 0.717) is 13.1 Å². The topological polar surface area (TPSA) is 3.24 Å². The van der Waals surface area contributed by atoms with E-state index in [4.69, 9.17) is 0 Å². The van der Waals surface area contributed by atoms with Crippen LogP contribution in [0.3, 0.4) is 0 Å². The number of hydrogen-bond acceptors (Lipinski definition) is 1. The quantitative estimate of drug-likeness (QED) is 0.371. The molecule has 0 aliphatic carbocycles. The van der Waals surface area contributed by atoms with Gasteiger partial charge in [0.05, 0.1) is 0 Å². The van der Waals surface area contributed by atoms with Gasteiger partial charge in [0.1, 0.15) is 0 Å². The SMILES string of the molecule is CC(C)=C1CCN(F)CC1. The maximum absolute atomic E-state index is 12.4. The molecule has 1 rings (SSSR count). The van der Waals surface area contributed by atoms with Crippen molar-refractivity contribution in [2.24, 2.45) is 0 Å². The molecule has 2 heteroatoms. The van der Waals surface area contributed by atoms with Crippen molar-refractivity contribution in [3.63, 3.8) is 0 Å². The standard InChI is InChI=1S/C8H14FN/c1-7(2)8-3-5-10(9)6-4-8/h3-6H2,1-2H3. The second-order valence-corrected chi connectivity index (χ2v) is 3.01. The van der Waals surface area contributed by atoms with Crippen molar-refractivity contribution >= 4 is 0 Å². The zero-order valence-electron chi connectivity index (χ0n) is 6.65. The maximum atomic E-state index is 12.4. The van der Waals surface area contributed by atoms with E-state index in [9.17, 15) is 4.48 Å². The van der Waals surface area contributed by atoms with Crippen LogP contribution in [0.25, 0.3) is 0 Å². The molecule has 1 fully saturated rings. The molecule has 0 aromatic rings. The highest BCUT2D eigenvalue weighted by Crippen LogP contribution is 2.19. The van der Waals surface area contributed by atoms with Gasteiger partial charge in [-0.15, -0.1) is 9.60 Å². The molecular weight excluding hydrogens is 129 g/mol. The van der Waals surface area contributed by atoms with Crippen molar-refractivity contribution in [3.8, 4) is 0 Å². The van der Waals surface area contributed by atoms with Gasteiger partial charge in [-0.1, -0.05) is 11.1 Å². The van der Waals surface area contributed by atoms with Crippen LogP contribution in [0, 0.1) is 0 Å². The van der Waals surface area contributed by atoms with Crippen LogP contribution >= 0.6 is 0 Å². The largest absolute Gasteiger partial charge is 0.146 e. The van der Waals surface area contributed by atoms with Crippen LogP contribution < -0.4 is 0 Å². The first kappa shape index (κ1) is 7.73. The number of allylic oxidation sites excluding steroid dienone is 1. The van der Waals surface area contributed by atoms with Crippen LogP contribution in [-0.2, 0) is 0 Å². The Morgan fingerprint density at radius 3 is 2.20 bits per heavy atom. The second-order valence-electron chi connectivity index (χ2n) is 3.01. The number of halogens is 1. The average Bonchev–Trinajstić information content (AvgIpc) is 1.88. The number of rotatable bonds is 0. The molecule has 0 spiro atoms. The van der Waals surface area contributed by atoms with Crippen LogP contribution in [-0.4, -0.2) is 18.2 Å². The molecule has 0 unspecified atom stereocenters. The van der Waals surface area contributed by atoms with Crippen molar-refractivity contribution in [3.05, 3.63) is 11.1 Å². The smallest absolute Gasteiger partial charge is 0.0327 e. The monoisotopic (exact) mass is 143 g/mol. The zero-order valence-corrected chi connectivity index (χ0v) is 6.65. The first-order valence-corrected chi connectivity index (χ1v) is 3.76. The summed E-state index contributed by atoms with van der Waals surface area (Å²) < 4.78 is 12.4. The summed E-state index contributed by atoms with van der Waals surface area (Å²) in [5, 5.41) is 0.895. The van der Waals surface area contributed by atoms with Gasteiger partial charge in [-0.05, 0) is 26.7 Å². The van der Waals surface area contributed by atoms with Gasteiger partial charge in [0.15, 0.2) is 0 Å². The summed E-state index contributed by atoms with van der Waals surface area (Å²) in [5.74, 6) is 0. The molecule has 0 amide bonds. The molecule has 1 nitrogen and oxygen atoms in total. The van der Waals surface area contributed by atoms with E-state index in [1.54, 1.807) is 0 Å². The van der Waals surface area contributed by atoms with E-state index < -0.39 is 0 Å². The van der Waals surface area contributed by atoms with Crippen molar-refractivity contribution in [1.82, 2.24) is 5.12 Å². The molecular formula is C8H14FN. The Morgan fingerprint density at radius 1 is 1.30 bits per heavy atom. The summed E-state index contributed by atoms with van der Waals surface area (Å²) in [6.45, 7) is 5.37. The van der Waals surface area contributed by atoms with Crippen molar-refractivity contribution in [1.29, 1.82) is 0 Å². The van der Waals surface area contributed by atoms with Gasteiger partial charge >= 0.3 is 0 Å². The highest BCUT2D eigenvalue weighted by Gasteiger charge is 2.12. The van der Waals surface area contributed by atoms with Crippen molar-refractivity contribution in [2.45, 2.75) is 26.7 Å². The van der Waals surface area contributed by atoms with Gasteiger partial charge in [0, 0.05) is 13.1 Å². The molecule has 58 valence electrons. The number of nitrogens with zero attached hydrogens (tertiary/aromatic N) is 1. The lowest BCUT2D eigenvalue weighted by atomic mass is 10.0. The summed E-state index contributed by atoms with van der Waals surface area (Å²) in [6, 6.07) is 0. The molecule has 1 aliphatic heterocycles. The Morgan fingerprint density at radius 2 is 1.80 bits per heavy atom. The molecule has 0 N–H and O–H groups in total. The highest BCUT2D eigenvalue weighted by atomic mass is 19.2. The fraction of sp³-hybridized carbons (Fsp3) is 0.750. The summed E-state index contributed by atoms with van der Waals surface area (Å²) in [4.78, 5) is 0. The van der Waals surface area contributed by atoms with E-state index in [0.717, 1.165) is 18.0 Å². The summed E-state index contributed by atoms with van der Waals surface area (Å²) in [6.07, 6.45) is 1.83. The van der Waals surface area contributed by atoms with Crippen LogP contribution in [0.2, 0.25) is 0 Å². The van der Waals surface area contributed by atoms with E-state index in [1.807, 2.05) is 0 Å². The van der Waals surface area contributed by atoms with Gasteiger partial charge in [-0.25, -0.2) is 0 Å². The lowest BCUT2D eigenvalue weighted by Crippen LogP contribution is -2.23. The highest BCUT2D eigenvalue weighted by molar-refractivity contribution is 5.11. The number of piperidine rings is 1. The van der Waals surface area contributed by atoms with Gasteiger partial charge in [-0.3, -0.25) is 0 Å². The van der Waals surface area contributed by atoms with E-state index in [-0.39, 0.29) is 0 Å². The summed E-state index contributed by atoms with van der Waals surface area (Å²) in [7, 11) is 0.